The molecule has 6 heteroatoms. The quantitative estimate of drug-likeness (QED) is 0.759. The molecule has 2 aromatic rings. The van der Waals surface area contributed by atoms with E-state index in [9.17, 15) is 9.59 Å². The maximum atomic E-state index is 12.8. The molecular weight excluding hydrogens is 388 g/mol. The Hall–Kier alpha value is -2.53. The Morgan fingerprint density at radius 3 is 2.31 bits per heavy atom. The van der Waals surface area contributed by atoms with Crippen LogP contribution in [0.5, 0.6) is 5.75 Å². The summed E-state index contributed by atoms with van der Waals surface area (Å²) in [5.74, 6) is 0.593. The zero-order valence-electron chi connectivity index (χ0n) is 17.2. The maximum Gasteiger partial charge on any atom is 0.260 e. The number of hydrogen-bond donors (Lipinski definition) is 0. The molecule has 0 unspecified atom stereocenters. The van der Waals surface area contributed by atoms with Gasteiger partial charge in [0.1, 0.15) is 5.75 Å². The largest absolute Gasteiger partial charge is 0.484 e. The van der Waals surface area contributed by atoms with Crippen molar-refractivity contribution in [2.45, 2.75) is 27.2 Å². The molecule has 0 aliphatic carbocycles. The number of amides is 2. The lowest BCUT2D eigenvalue weighted by Crippen LogP contribution is -2.39. The Morgan fingerprint density at radius 2 is 1.62 bits per heavy atom. The van der Waals surface area contributed by atoms with Gasteiger partial charge in [0, 0.05) is 36.8 Å². The minimum Gasteiger partial charge on any atom is -0.484 e. The molecular formula is C23H27ClN2O3. The van der Waals surface area contributed by atoms with E-state index in [2.05, 4.69) is 0 Å². The fourth-order valence-electron chi connectivity index (χ4n) is 3.56. The van der Waals surface area contributed by atoms with E-state index in [4.69, 9.17) is 16.3 Å². The summed E-state index contributed by atoms with van der Waals surface area (Å²) < 4.78 is 5.70. The van der Waals surface area contributed by atoms with Gasteiger partial charge in [-0.15, -0.1) is 0 Å². The first-order valence-corrected chi connectivity index (χ1v) is 10.3. The standard InChI is InChI=1S/C23H27ClN2O3/c1-16-6-4-7-19(12-16)23(28)26-9-5-8-25(10-11-26)21(27)15-29-20-13-17(2)22(24)18(3)14-20/h4,6-7,12-14H,5,8-11,15H2,1-3H3. The fourth-order valence-corrected chi connectivity index (χ4v) is 3.67. The van der Waals surface area contributed by atoms with Crippen molar-refractivity contribution >= 4 is 23.4 Å². The van der Waals surface area contributed by atoms with Gasteiger partial charge in [0.25, 0.3) is 11.8 Å². The summed E-state index contributed by atoms with van der Waals surface area (Å²) in [4.78, 5) is 29.0. The topological polar surface area (TPSA) is 49.9 Å². The van der Waals surface area contributed by atoms with Crippen LogP contribution in [0.1, 0.15) is 33.5 Å². The van der Waals surface area contributed by atoms with Crippen LogP contribution in [0.15, 0.2) is 36.4 Å². The van der Waals surface area contributed by atoms with Crippen molar-refractivity contribution in [3.05, 3.63) is 63.7 Å². The molecule has 0 radical (unpaired) electrons. The number of carbonyl (C=O) groups is 2. The minimum atomic E-state index is -0.0693. The van der Waals surface area contributed by atoms with Crippen LogP contribution in [0, 0.1) is 20.8 Å². The van der Waals surface area contributed by atoms with Crippen LogP contribution in [0.4, 0.5) is 0 Å². The number of ether oxygens (including phenoxy) is 1. The smallest absolute Gasteiger partial charge is 0.260 e. The number of nitrogens with zero attached hydrogens (tertiary/aromatic N) is 2. The molecule has 5 nitrogen and oxygen atoms in total. The SMILES string of the molecule is Cc1cccc(C(=O)N2CCCN(C(=O)COc3cc(C)c(Cl)c(C)c3)CC2)c1. The number of hydrogen-bond acceptors (Lipinski definition) is 3. The highest BCUT2D eigenvalue weighted by atomic mass is 35.5. The van der Waals surface area contributed by atoms with E-state index in [1.54, 1.807) is 4.90 Å². The van der Waals surface area contributed by atoms with Crippen LogP contribution in [-0.4, -0.2) is 54.4 Å². The Morgan fingerprint density at radius 1 is 0.966 bits per heavy atom. The van der Waals surface area contributed by atoms with Crippen molar-refractivity contribution in [1.29, 1.82) is 0 Å². The van der Waals surface area contributed by atoms with E-state index in [1.807, 2.05) is 62.1 Å². The van der Waals surface area contributed by atoms with E-state index < -0.39 is 0 Å². The highest BCUT2D eigenvalue weighted by molar-refractivity contribution is 6.32. The average molecular weight is 415 g/mol. The molecule has 3 rings (SSSR count). The summed E-state index contributed by atoms with van der Waals surface area (Å²) in [5.41, 5.74) is 3.61. The molecule has 2 amide bonds. The number of carbonyl (C=O) groups excluding carboxylic acids is 2. The van der Waals surface area contributed by atoms with Crippen molar-refractivity contribution in [2.24, 2.45) is 0 Å². The first-order valence-electron chi connectivity index (χ1n) is 9.88. The monoisotopic (exact) mass is 414 g/mol. The molecule has 0 aromatic heterocycles. The third kappa shape index (κ3) is 5.30. The van der Waals surface area contributed by atoms with Crippen molar-refractivity contribution in [1.82, 2.24) is 9.80 Å². The van der Waals surface area contributed by atoms with E-state index in [1.165, 1.54) is 0 Å². The second kappa shape index (κ2) is 9.31. The van der Waals surface area contributed by atoms with Gasteiger partial charge in [0.2, 0.25) is 0 Å². The lowest BCUT2D eigenvalue weighted by Gasteiger charge is -2.22. The molecule has 1 saturated heterocycles. The third-order valence-corrected chi connectivity index (χ3v) is 5.77. The fraction of sp³-hybridized carbons (Fsp3) is 0.391. The van der Waals surface area contributed by atoms with Crippen molar-refractivity contribution in [3.8, 4) is 5.75 Å². The van der Waals surface area contributed by atoms with Crippen LogP contribution in [-0.2, 0) is 4.79 Å². The van der Waals surface area contributed by atoms with E-state index >= 15 is 0 Å². The lowest BCUT2D eigenvalue weighted by molar-refractivity contribution is -0.133. The highest BCUT2D eigenvalue weighted by Crippen LogP contribution is 2.25. The summed E-state index contributed by atoms with van der Waals surface area (Å²) in [5, 5.41) is 0.717. The molecule has 0 atom stereocenters. The second-order valence-corrected chi connectivity index (χ2v) is 7.93. The molecule has 1 aliphatic heterocycles. The van der Waals surface area contributed by atoms with Crippen LogP contribution in [0.2, 0.25) is 5.02 Å². The molecule has 154 valence electrons. The van der Waals surface area contributed by atoms with Gasteiger partial charge in [0.05, 0.1) is 0 Å². The summed E-state index contributed by atoms with van der Waals surface area (Å²) in [6.07, 6.45) is 0.752. The van der Waals surface area contributed by atoms with Crippen LogP contribution >= 0.6 is 11.6 Å². The molecule has 1 heterocycles. The number of rotatable bonds is 4. The van der Waals surface area contributed by atoms with E-state index in [0.29, 0.717) is 37.5 Å². The van der Waals surface area contributed by atoms with Gasteiger partial charge < -0.3 is 14.5 Å². The van der Waals surface area contributed by atoms with Crippen LogP contribution in [0.3, 0.4) is 0 Å². The van der Waals surface area contributed by atoms with Gasteiger partial charge in [-0.05, 0) is 62.6 Å². The first-order chi connectivity index (χ1) is 13.8. The van der Waals surface area contributed by atoms with Crippen molar-refractivity contribution in [2.75, 3.05) is 32.8 Å². The minimum absolute atomic E-state index is 0.0198. The van der Waals surface area contributed by atoms with E-state index in [-0.39, 0.29) is 18.4 Å². The predicted molar refractivity (Wildman–Crippen MR) is 115 cm³/mol. The van der Waals surface area contributed by atoms with Gasteiger partial charge in [-0.2, -0.15) is 0 Å². The molecule has 0 bridgehead atoms. The molecule has 0 spiro atoms. The molecule has 1 fully saturated rings. The summed E-state index contributed by atoms with van der Waals surface area (Å²) in [6, 6.07) is 11.3. The average Bonchev–Trinajstić information content (AvgIpc) is 2.96. The molecule has 1 aliphatic rings. The normalized spacial score (nSPS) is 14.5. The van der Waals surface area contributed by atoms with Crippen molar-refractivity contribution in [3.63, 3.8) is 0 Å². The van der Waals surface area contributed by atoms with Gasteiger partial charge in [0.15, 0.2) is 6.61 Å². The molecule has 2 aromatic carbocycles. The lowest BCUT2D eigenvalue weighted by atomic mass is 10.1. The molecule has 0 saturated carbocycles. The highest BCUT2D eigenvalue weighted by Gasteiger charge is 2.23. The van der Waals surface area contributed by atoms with Gasteiger partial charge >= 0.3 is 0 Å². The van der Waals surface area contributed by atoms with Crippen molar-refractivity contribution < 1.29 is 14.3 Å². The zero-order chi connectivity index (χ0) is 21.0. The Labute approximate surface area is 177 Å². The first kappa shape index (κ1) is 21.2. The summed E-state index contributed by atoms with van der Waals surface area (Å²) in [6.45, 7) is 8.09. The number of halogens is 1. The Kier molecular flexibility index (Phi) is 6.80. The second-order valence-electron chi connectivity index (χ2n) is 7.56. The Bertz CT molecular complexity index is 890. The van der Waals surface area contributed by atoms with Gasteiger partial charge in [-0.3, -0.25) is 9.59 Å². The molecule has 0 N–H and O–H groups in total. The zero-order valence-corrected chi connectivity index (χ0v) is 18.0. The summed E-state index contributed by atoms with van der Waals surface area (Å²) in [7, 11) is 0. The number of benzene rings is 2. The van der Waals surface area contributed by atoms with E-state index in [0.717, 1.165) is 28.1 Å². The van der Waals surface area contributed by atoms with Gasteiger partial charge in [-0.1, -0.05) is 29.3 Å². The van der Waals surface area contributed by atoms with Crippen LogP contribution < -0.4 is 4.74 Å². The van der Waals surface area contributed by atoms with Gasteiger partial charge in [-0.25, -0.2) is 0 Å². The van der Waals surface area contributed by atoms with Crippen LogP contribution in [0.25, 0.3) is 0 Å². The number of aryl methyl sites for hydroxylation is 3. The third-order valence-electron chi connectivity index (χ3n) is 5.17. The Balaban J connectivity index is 1.56. The predicted octanol–water partition coefficient (Wildman–Crippen LogP) is 4.02. The summed E-state index contributed by atoms with van der Waals surface area (Å²) >= 11 is 6.18. The molecule has 29 heavy (non-hydrogen) atoms. The maximum absolute atomic E-state index is 12.8.